The van der Waals surface area contributed by atoms with Gasteiger partial charge in [0.2, 0.25) is 5.95 Å². The van der Waals surface area contributed by atoms with Crippen LogP contribution in [0.25, 0.3) is 5.69 Å². The normalized spacial score (nSPS) is 14.8. The Morgan fingerprint density at radius 3 is 2.52 bits per heavy atom. The monoisotopic (exact) mass is 338 g/mol. The third-order valence-corrected chi connectivity index (χ3v) is 4.39. The Kier molecular flexibility index (Phi) is 3.93. The Morgan fingerprint density at radius 1 is 1.08 bits per heavy atom. The smallest absolute Gasteiger partial charge is 0.257 e. The van der Waals surface area contributed by atoms with Crippen molar-refractivity contribution in [2.45, 2.75) is 6.92 Å². The van der Waals surface area contributed by atoms with Crippen LogP contribution in [0.1, 0.15) is 16.1 Å². The summed E-state index contributed by atoms with van der Waals surface area (Å²) >= 11 is 0. The quantitative estimate of drug-likeness (QED) is 0.720. The highest BCUT2D eigenvalue weighted by molar-refractivity contribution is 5.95. The molecule has 0 aliphatic carbocycles. The lowest BCUT2D eigenvalue weighted by atomic mass is 10.2. The van der Waals surface area contributed by atoms with E-state index < -0.39 is 0 Å². The number of benzene rings is 1. The molecule has 1 amide bonds. The zero-order valence-corrected chi connectivity index (χ0v) is 13.9. The van der Waals surface area contributed by atoms with Crippen LogP contribution in [0, 0.1) is 6.92 Å². The molecule has 4 rings (SSSR count). The molecule has 0 radical (unpaired) electrons. The van der Waals surface area contributed by atoms with E-state index >= 15 is 0 Å². The number of anilines is 1. The highest BCUT2D eigenvalue weighted by Crippen LogP contribution is 2.19. The number of aryl methyl sites for hydroxylation is 1. The third-order valence-electron chi connectivity index (χ3n) is 4.39. The van der Waals surface area contributed by atoms with Gasteiger partial charge in [-0.05, 0) is 35.5 Å². The number of amides is 1. The van der Waals surface area contributed by atoms with Gasteiger partial charge in [-0.25, -0.2) is 0 Å². The second-order valence-electron chi connectivity index (χ2n) is 5.90. The van der Waals surface area contributed by atoms with Crippen molar-refractivity contribution in [2.24, 2.45) is 0 Å². The van der Waals surface area contributed by atoms with Crippen molar-refractivity contribution >= 4 is 11.9 Å². The van der Waals surface area contributed by atoms with Gasteiger partial charge in [0.15, 0.2) is 0 Å². The zero-order chi connectivity index (χ0) is 17.2. The molecule has 1 aromatic carbocycles. The zero-order valence-electron chi connectivity index (χ0n) is 13.9. The van der Waals surface area contributed by atoms with Gasteiger partial charge < -0.3 is 14.2 Å². The number of para-hydroxylation sites is 1. The van der Waals surface area contributed by atoms with Crippen LogP contribution in [-0.4, -0.2) is 57.2 Å². The van der Waals surface area contributed by atoms with Crippen molar-refractivity contribution in [2.75, 3.05) is 31.1 Å². The first-order chi connectivity index (χ1) is 12.2. The number of carbonyl (C=O) groups excluding carboxylic acids is 1. The third kappa shape index (κ3) is 2.86. The van der Waals surface area contributed by atoms with E-state index in [1.165, 1.54) is 0 Å². The number of hydrogen-bond acceptors (Lipinski definition) is 6. The molecule has 0 spiro atoms. The molecule has 0 atom stereocenters. The van der Waals surface area contributed by atoms with Gasteiger partial charge in [-0.1, -0.05) is 23.3 Å². The Bertz CT molecular complexity index is 864. The molecule has 3 aromatic rings. The van der Waals surface area contributed by atoms with Crippen LogP contribution < -0.4 is 4.90 Å². The molecule has 0 bridgehead atoms. The predicted molar refractivity (Wildman–Crippen MR) is 90.7 cm³/mol. The average Bonchev–Trinajstić information content (AvgIpc) is 3.31. The number of rotatable bonds is 3. The number of hydrogen-bond donors (Lipinski definition) is 0. The van der Waals surface area contributed by atoms with Crippen LogP contribution in [0.15, 0.2) is 47.1 Å². The summed E-state index contributed by atoms with van der Waals surface area (Å²) in [7, 11) is 0. The van der Waals surface area contributed by atoms with Gasteiger partial charge in [0.1, 0.15) is 5.76 Å². The number of nitrogens with zero attached hydrogens (tertiary/aromatic N) is 6. The molecule has 1 aliphatic heterocycles. The fourth-order valence-electron chi connectivity index (χ4n) is 3.00. The van der Waals surface area contributed by atoms with Gasteiger partial charge in [-0.15, -0.1) is 0 Å². The first-order valence-electron chi connectivity index (χ1n) is 8.16. The van der Waals surface area contributed by atoms with E-state index in [1.807, 2.05) is 35.2 Å². The summed E-state index contributed by atoms with van der Waals surface area (Å²) in [6.45, 7) is 4.39. The first-order valence-corrected chi connectivity index (χ1v) is 8.16. The Hall–Kier alpha value is -3.16. The van der Waals surface area contributed by atoms with Gasteiger partial charge in [-0.2, -0.15) is 4.68 Å². The van der Waals surface area contributed by atoms with E-state index in [4.69, 9.17) is 4.42 Å². The summed E-state index contributed by atoms with van der Waals surface area (Å²) in [6, 6.07) is 11.5. The van der Waals surface area contributed by atoms with E-state index in [2.05, 4.69) is 20.4 Å². The number of aromatic nitrogens is 4. The SMILES string of the molecule is Cc1occc1C(=O)N1CCN(c2nnnn2-c2ccccc2)CC1. The van der Waals surface area contributed by atoms with Crippen LogP contribution in [0.2, 0.25) is 0 Å². The van der Waals surface area contributed by atoms with Crippen LogP contribution in [0.3, 0.4) is 0 Å². The molecule has 8 nitrogen and oxygen atoms in total. The van der Waals surface area contributed by atoms with E-state index in [-0.39, 0.29) is 5.91 Å². The van der Waals surface area contributed by atoms with Gasteiger partial charge in [0.25, 0.3) is 5.91 Å². The molecule has 25 heavy (non-hydrogen) atoms. The maximum absolute atomic E-state index is 12.6. The fraction of sp³-hybridized carbons (Fsp3) is 0.294. The van der Waals surface area contributed by atoms with Crippen molar-refractivity contribution in [3.05, 3.63) is 54.0 Å². The van der Waals surface area contributed by atoms with E-state index in [1.54, 1.807) is 23.9 Å². The van der Waals surface area contributed by atoms with E-state index in [0.717, 1.165) is 5.69 Å². The molecule has 1 aliphatic rings. The molecule has 0 saturated carbocycles. The van der Waals surface area contributed by atoms with Gasteiger partial charge >= 0.3 is 0 Å². The van der Waals surface area contributed by atoms with Crippen LogP contribution in [0.4, 0.5) is 5.95 Å². The topological polar surface area (TPSA) is 80.3 Å². The number of tetrazole rings is 1. The molecular formula is C17H18N6O2. The Labute approximate surface area is 144 Å². The fourth-order valence-corrected chi connectivity index (χ4v) is 3.00. The molecule has 0 unspecified atom stereocenters. The summed E-state index contributed by atoms with van der Waals surface area (Å²) in [4.78, 5) is 16.5. The van der Waals surface area contributed by atoms with Crippen molar-refractivity contribution in [1.82, 2.24) is 25.1 Å². The highest BCUT2D eigenvalue weighted by Gasteiger charge is 2.26. The van der Waals surface area contributed by atoms with Crippen LogP contribution in [-0.2, 0) is 0 Å². The van der Waals surface area contributed by atoms with E-state index in [9.17, 15) is 4.79 Å². The molecule has 3 heterocycles. The number of piperazine rings is 1. The average molecular weight is 338 g/mol. The summed E-state index contributed by atoms with van der Waals surface area (Å²) in [6.07, 6.45) is 1.55. The van der Waals surface area contributed by atoms with Crippen LogP contribution in [0.5, 0.6) is 0 Å². The second kappa shape index (κ2) is 6.39. The molecule has 128 valence electrons. The number of furan rings is 1. The van der Waals surface area contributed by atoms with Crippen molar-refractivity contribution in [1.29, 1.82) is 0 Å². The van der Waals surface area contributed by atoms with Crippen molar-refractivity contribution in [3.8, 4) is 5.69 Å². The van der Waals surface area contributed by atoms with Crippen LogP contribution >= 0.6 is 0 Å². The lowest BCUT2D eigenvalue weighted by Crippen LogP contribution is -2.49. The minimum absolute atomic E-state index is 0.00792. The van der Waals surface area contributed by atoms with E-state index in [0.29, 0.717) is 43.5 Å². The lowest BCUT2D eigenvalue weighted by Gasteiger charge is -2.34. The summed E-state index contributed by atoms with van der Waals surface area (Å²) < 4.78 is 6.95. The maximum atomic E-state index is 12.6. The number of carbonyl (C=O) groups is 1. The summed E-state index contributed by atoms with van der Waals surface area (Å²) in [5.74, 6) is 1.35. The van der Waals surface area contributed by atoms with Gasteiger partial charge in [0.05, 0.1) is 17.5 Å². The molecular weight excluding hydrogens is 320 g/mol. The molecule has 1 saturated heterocycles. The first kappa shape index (κ1) is 15.4. The van der Waals surface area contributed by atoms with Gasteiger partial charge in [0, 0.05) is 26.2 Å². The Balaban J connectivity index is 1.47. The largest absolute Gasteiger partial charge is 0.469 e. The summed E-state index contributed by atoms with van der Waals surface area (Å²) in [5.41, 5.74) is 1.54. The highest BCUT2D eigenvalue weighted by atomic mass is 16.3. The predicted octanol–water partition coefficient (Wildman–Crippen LogP) is 1.53. The molecule has 2 aromatic heterocycles. The minimum atomic E-state index is 0.00792. The second-order valence-corrected chi connectivity index (χ2v) is 5.90. The molecule has 0 N–H and O–H groups in total. The minimum Gasteiger partial charge on any atom is -0.469 e. The van der Waals surface area contributed by atoms with Gasteiger partial charge in [-0.3, -0.25) is 4.79 Å². The molecule has 8 heteroatoms. The summed E-state index contributed by atoms with van der Waals surface area (Å²) in [5, 5.41) is 12.1. The lowest BCUT2D eigenvalue weighted by molar-refractivity contribution is 0.0744. The van der Waals surface area contributed by atoms with Crippen molar-refractivity contribution in [3.63, 3.8) is 0 Å². The standard InChI is InChI=1S/C17H18N6O2/c1-13-15(7-12-25-13)16(24)21-8-10-22(11-9-21)17-18-19-20-23(17)14-5-3-2-4-6-14/h2-7,12H,8-11H2,1H3. The van der Waals surface area contributed by atoms with Crippen molar-refractivity contribution < 1.29 is 9.21 Å². The molecule has 1 fully saturated rings. The maximum Gasteiger partial charge on any atom is 0.257 e. The Morgan fingerprint density at radius 2 is 1.84 bits per heavy atom.